The lowest BCUT2D eigenvalue weighted by Crippen LogP contribution is -2.41. The van der Waals surface area contributed by atoms with Crippen LogP contribution in [0.3, 0.4) is 0 Å². The van der Waals surface area contributed by atoms with E-state index in [1.807, 2.05) is 38.1 Å². The van der Waals surface area contributed by atoms with Gasteiger partial charge in [-0.15, -0.1) is 11.3 Å². The van der Waals surface area contributed by atoms with Crippen LogP contribution in [0.1, 0.15) is 18.2 Å². The minimum absolute atomic E-state index is 0.258. The number of para-hydroxylation sites is 1. The number of benzene rings is 1. The van der Waals surface area contributed by atoms with Gasteiger partial charge in [0.25, 0.3) is 0 Å². The van der Waals surface area contributed by atoms with E-state index >= 15 is 0 Å². The second-order valence-electron chi connectivity index (χ2n) is 6.10. The summed E-state index contributed by atoms with van der Waals surface area (Å²) in [6.07, 6.45) is 0. The maximum atomic E-state index is 12.1. The van der Waals surface area contributed by atoms with Gasteiger partial charge in [0, 0.05) is 30.6 Å². The molecule has 2 heterocycles. The maximum absolute atomic E-state index is 12.1. The molecule has 3 rings (SSSR count). The van der Waals surface area contributed by atoms with E-state index in [9.17, 15) is 8.42 Å². The molecule has 150 valence electrons. The van der Waals surface area contributed by atoms with Gasteiger partial charge in [-0.1, -0.05) is 24.3 Å². The quantitative estimate of drug-likeness (QED) is 0.296. The molecule has 0 spiro atoms. The third-order valence-electron chi connectivity index (χ3n) is 4.14. The van der Waals surface area contributed by atoms with E-state index in [1.54, 1.807) is 17.5 Å². The molecule has 0 bridgehead atoms. The molecule has 0 saturated heterocycles. The second kappa shape index (κ2) is 9.22. The number of aliphatic imine (C=N–C) groups is 1. The van der Waals surface area contributed by atoms with Gasteiger partial charge in [0.05, 0.1) is 0 Å². The van der Waals surface area contributed by atoms with Gasteiger partial charge in [-0.25, -0.2) is 18.1 Å². The number of sulfonamides is 1. The summed E-state index contributed by atoms with van der Waals surface area (Å²) in [6.45, 7) is 5.77. The van der Waals surface area contributed by atoms with Crippen LogP contribution in [0, 0.1) is 6.92 Å². The average Bonchev–Trinajstić information content (AvgIpc) is 3.33. The van der Waals surface area contributed by atoms with Crippen molar-refractivity contribution < 1.29 is 12.8 Å². The first-order chi connectivity index (χ1) is 13.5. The standard InChI is InChI=1S/C19H24N4O3S2/c1-3-20-19(21-10-11-23-28(24,25)18-9-6-12-27-18)22-13-17-14(2)15-7-4-5-8-16(15)26-17/h4-9,12,23H,3,10-11,13H2,1-2H3,(H2,20,21,22). The number of rotatable bonds is 8. The first-order valence-electron chi connectivity index (χ1n) is 9.03. The van der Waals surface area contributed by atoms with E-state index < -0.39 is 10.0 Å². The summed E-state index contributed by atoms with van der Waals surface area (Å²) in [5.41, 5.74) is 1.94. The molecule has 7 nitrogen and oxygen atoms in total. The predicted octanol–water partition coefficient (Wildman–Crippen LogP) is 2.84. The monoisotopic (exact) mass is 420 g/mol. The van der Waals surface area contributed by atoms with Crippen molar-refractivity contribution in [3.63, 3.8) is 0 Å². The molecule has 2 aromatic heterocycles. The van der Waals surface area contributed by atoms with E-state index in [1.165, 1.54) is 11.3 Å². The van der Waals surface area contributed by atoms with Crippen LogP contribution in [-0.2, 0) is 16.6 Å². The predicted molar refractivity (Wildman–Crippen MR) is 113 cm³/mol. The molecule has 0 aliphatic carbocycles. The van der Waals surface area contributed by atoms with Crippen LogP contribution >= 0.6 is 11.3 Å². The lowest BCUT2D eigenvalue weighted by atomic mass is 10.1. The highest BCUT2D eigenvalue weighted by Gasteiger charge is 2.14. The number of nitrogens with one attached hydrogen (secondary N) is 3. The summed E-state index contributed by atoms with van der Waals surface area (Å²) in [5, 5.41) is 9.12. The SMILES string of the molecule is CCNC(=NCc1oc2ccccc2c1C)NCCNS(=O)(=O)c1cccs1. The molecule has 3 aromatic rings. The summed E-state index contributed by atoms with van der Waals surface area (Å²) in [4.78, 5) is 4.55. The van der Waals surface area contributed by atoms with E-state index in [2.05, 4.69) is 20.3 Å². The Balaban J connectivity index is 1.57. The van der Waals surface area contributed by atoms with Crippen molar-refractivity contribution in [2.45, 2.75) is 24.6 Å². The Morgan fingerprint density at radius 2 is 1.96 bits per heavy atom. The topological polar surface area (TPSA) is 95.7 Å². The highest BCUT2D eigenvalue weighted by molar-refractivity contribution is 7.91. The lowest BCUT2D eigenvalue weighted by Gasteiger charge is -2.11. The van der Waals surface area contributed by atoms with Crippen LogP contribution in [0.2, 0.25) is 0 Å². The maximum Gasteiger partial charge on any atom is 0.250 e. The highest BCUT2D eigenvalue weighted by Crippen LogP contribution is 2.25. The number of guanidine groups is 1. The second-order valence-corrected chi connectivity index (χ2v) is 9.04. The summed E-state index contributed by atoms with van der Waals surface area (Å²) in [6, 6.07) is 11.2. The van der Waals surface area contributed by atoms with E-state index in [-0.39, 0.29) is 6.54 Å². The lowest BCUT2D eigenvalue weighted by molar-refractivity contribution is 0.548. The van der Waals surface area contributed by atoms with Gasteiger partial charge in [0.15, 0.2) is 5.96 Å². The molecule has 3 N–H and O–H groups in total. The molecule has 0 aliphatic heterocycles. The average molecular weight is 421 g/mol. The number of hydrogen-bond donors (Lipinski definition) is 3. The van der Waals surface area contributed by atoms with Crippen LogP contribution in [-0.4, -0.2) is 34.0 Å². The molecule has 28 heavy (non-hydrogen) atoms. The summed E-state index contributed by atoms with van der Waals surface area (Å²) < 4.78 is 33.0. The number of furan rings is 1. The Kier molecular flexibility index (Phi) is 6.71. The van der Waals surface area contributed by atoms with Crippen molar-refractivity contribution in [2.24, 2.45) is 4.99 Å². The fourth-order valence-electron chi connectivity index (χ4n) is 2.72. The normalized spacial score (nSPS) is 12.4. The van der Waals surface area contributed by atoms with Gasteiger partial charge in [-0.2, -0.15) is 0 Å². The number of thiophene rings is 1. The zero-order valence-electron chi connectivity index (χ0n) is 15.9. The van der Waals surface area contributed by atoms with Crippen LogP contribution in [0.15, 0.2) is 55.4 Å². The van der Waals surface area contributed by atoms with Crippen molar-refractivity contribution in [3.8, 4) is 0 Å². The van der Waals surface area contributed by atoms with Crippen LogP contribution in [0.4, 0.5) is 0 Å². The van der Waals surface area contributed by atoms with Crippen LogP contribution in [0.5, 0.6) is 0 Å². The van der Waals surface area contributed by atoms with Gasteiger partial charge >= 0.3 is 0 Å². The number of fused-ring (bicyclic) bond motifs is 1. The Hall–Kier alpha value is -2.36. The van der Waals surface area contributed by atoms with Crippen LogP contribution < -0.4 is 15.4 Å². The minimum atomic E-state index is -3.45. The molecule has 1 aromatic carbocycles. The summed E-state index contributed by atoms with van der Waals surface area (Å²) in [7, 11) is -3.45. The van der Waals surface area contributed by atoms with Crippen molar-refractivity contribution in [2.75, 3.05) is 19.6 Å². The number of hydrogen-bond acceptors (Lipinski definition) is 5. The van der Waals surface area contributed by atoms with Crippen molar-refractivity contribution >= 4 is 38.3 Å². The van der Waals surface area contributed by atoms with Gasteiger partial charge in [0.2, 0.25) is 10.0 Å². The third kappa shape index (κ3) is 4.92. The van der Waals surface area contributed by atoms with Crippen LogP contribution in [0.25, 0.3) is 11.0 Å². The van der Waals surface area contributed by atoms with Gasteiger partial charge in [-0.3, -0.25) is 0 Å². The molecule has 0 aliphatic rings. The zero-order chi connectivity index (χ0) is 20.0. The highest BCUT2D eigenvalue weighted by atomic mass is 32.2. The van der Waals surface area contributed by atoms with Gasteiger partial charge < -0.3 is 15.1 Å². The fraction of sp³-hybridized carbons (Fsp3) is 0.316. The van der Waals surface area contributed by atoms with E-state index in [4.69, 9.17) is 4.42 Å². The molecule has 0 saturated carbocycles. The Labute approximate surface area is 168 Å². The van der Waals surface area contributed by atoms with Crippen molar-refractivity contribution in [1.82, 2.24) is 15.4 Å². The Morgan fingerprint density at radius 3 is 2.68 bits per heavy atom. The number of nitrogens with zero attached hydrogens (tertiary/aromatic N) is 1. The Morgan fingerprint density at radius 1 is 1.14 bits per heavy atom. The fourth-order valence-corrected chi connectivity index (χ4v) is 4.79. The summed E-state index contributed by atoms with van der Waals surface area (Å²) >= 11 is 1.19. The first kappa shape index (κ1) is 20.4. The molecule has 0 radical (unpaired) electrons. The smallest absolute Gasteiger partial charge is 0.250 e. The largest absolute Gasteiger partial charge is 0.459 e. The van der Waals surface area contributed by atoms with Gasteiger partial charge in [0.1, 0.15) is 22.1 Å². The molecule has 9 heteroatoms. The zero-order valence-corrected chi connectivity index (χ0v) is 17.5. The molecule has 0 amide bonds. The summed E-state index contributed by atoms with van der Waals surface area (Å²) in [5.74, 6) is 1.43. The minimum Gasteiger partial charge on any atom is -0.459 e. The Bertz CT molecular complexity index is 1040. The molecule has 0 unspecified atom stereocenters. The molecule has 0 atom stereocenters. The van der Waals surface area contributed by atoms with E-state index in [0.717, 1.165) is 22.3 Å². The molecular weight excluding hydrogens is 396 g/mol. The van der Waals surface area contributed by atoms with E-state index in [0.29, 0.717) is 29.8 Å². The van der Waals surface area contributed by atoms with Crippen molar-refractivity contribution in [1.29, 1.82) is 0 Å². The number of aryl methyl sites for hydroxylation is 1. The molecule has 0 fully saturated rings. The molecular formula is C19H24N4O3S2. The van der Waals surface area contributed by atoms with Crippen molar-refractivity contribution in [3.05, 3.63) is 53.1 Å². The first-order valence-corrected chi connectivity index (χ1v) is 11.4. The third-order valence-corrected chi connectivity index (χ3v) is 7.00. The van der Waals surface area contributed by atoms with Gasteiger partial charge in [-0.05, 0) is 31.4 Å².